The fourth-order valence-electron chi connectivity index (χ4n) is 0.397. The molecular weight excluding hydrogens is 200 g/mol. The first-order chi connectivity index (χ1) is 5.79. The van der Waals surface area contributed by atoms with Gasteiger partial charge >= 0.3 is 11.9 Å². The van der Waals surface area contributed by atoms with Gasteiger partial charge in [0, 0.05) is 17.6 Å². The molecule has 1 aliphatic heterocycles. The lowest BCUT2D eigenvalue weighted by Gasteiger charge is -1.97. The Labute approximate surface area is 76.6 Å². The third-order valence-electron chi connectivity index (χ3n) is 0.806. The second kappa shape index (κ2) is 4.89. The van der Waals surface area contributed by atoms with Crippen molar-refractivity contribution < 1.29 is 18.5 Å². The minimum Gasteiger partial charge on any atom is -0.431 e. The Hall–Kier alpha value is -0.880. The number of esters is 1. The molecule has 6 heteroatoms. The number of ether oxygens (including phenoxy) is 1. The van der Waals surface area contributed by atoms with Gasteiger partial charge in [0.15, 0.2) is 0 Å². The summed E-state index contributed by atoms with van der Waals surface area (Å²) in [6, 6.07) is 0. The van der Waals surface area contributed by atoms with E-state index in [9.17, 15) is 9.59 Å². The zero-order valence-electron chi connectivity index (χ0n) is 5.76. The maximum Gasteiger partial charge on any atom is 0.343 e. The highest BCUT2D eigenvalue weighted by molar-refractivity contribution is 8.76. The number of cyclic esters (lactones) is 1. The van der Waals surface area contributed by atoms with Crippen molar-refractivity contribution in [3.05, 3.63) is 23.8 Å². The Morgan fingerprint density at radius 1 is 1.17 bits per heavy atom. The van der Waals surface area contributed by atoms with Crippen molar-refractivity contribution >= 4 is 33.8 Å². The van der Waals surface area contributed by atoms with E-state index in [-0.39, 0.29) is 0 Å². The lowest BCUT2D eigenvalue weighted by molar-refractivity contribution is -0.133. The van der Waals surface area contributed by atoms with E-state index in [2.05, 4.69) is 8.92 Å². The maximum absolute atomic E-state index is 10.7. The molecule has 1 rings (SSSR count). The average molecular weight is 204 g/mol. The first-order valence-electron chi connectivity index (χ1n) is 2.87. The van der Waals surface area contributed by atoms with E-state index in [1.54, 1.807) is 0 Å². The maximum atomic E-state index is 10.7. The molecule has 0 bridgehead atoms. The van der Waals surface area contributed by atoms with Crippen molar-refractivity contribution in [2.75, 3.05) is 0 Å². The van der Waals surface area contributed by atoms with Crippen LogP contribution in [0, 0.1) is 0 Å². The molecule has 12 heavy (non-hydrogen) atoms. The van der Waals surface area contributed by atoms with E-state index in [4.69, 9.17) is 0 Å². The van der Waals surface area contributed by atoms with Gasteiger partial charge in [0.25, 0.3) is 0 Å². The zero-order valence-corrected chi connectivity index (χ0v) is 7.39. The molecule has 0 aromatic rings. The smallest absolute Gasteiger partial charge is 0.343 e. The molecule has 0 aliphatic carbocycles. The van der Waals surface area contributed by atoms with E-state index in [0.717, 1.165) is 34.0 Å². The van der Waals surface area contributed by atoms with Crippen molar-refractivity contribution in [1.82, 2.24) is 0 Å². The van der Waals surface area contributed by atoms with Crippen molar-refractivity contribution in [3.63, 3.8) is 0 Å². The van der Waals surface area contributed by atoms with Crippen LogP contribution >= 0.6 is 21.9 Å². The average Bonchev–Trinajstić information content (AvgIpc) is 2.07. The topological polar surface area (TPSA) is 52.6 Å². The summed E-state index contributed by atoms with van der Waals surface area (Å²) in [6.07, 6.45) is 3.24. The predicted octanol–water partition coefficient (Wildman–Crippen LogP) is 1.41. The van der Waals surface area contributed by atoms with E-state index in [1.165, 1.54) is 11.7 Å². The lowest BCUT2D eigenvalue weighted by Crippen LogP contribution is -1.98. The Bertz CT molecular complexity index is 246. The molecule has 0 atom stereocenters. The van der Waals surface area contributed by atoms with E-state index in [1.807, 2.05) is 0 Å². The lowest BCUT2D eigenvalue weighted by atomic mass is 10.5. The monoisotopic (exact) mass is 204 g/mol. The number of carbonyl (C=O) groups excluding carboxylic acids is 2. The van der Waals surface area contributed by atoms with Gasteiger partial charge in [0.05, 0.1) is 0 Å². The van der Waals surface area contributed by atoms with Crippen molar-refractivity contribution in [1.29, 1.82) is 0 Å². The van der Waals surface area contributed by atoms with Crippen LogP contribution in [-0.4, -0.2) is 11.9 Å². The summed E-state index contributed by atoms with van der Waals surface area (Å²) in [6.45, 7) is 0. The molecule has 0 aromatic heterocycles. The molecular formula is C6H4O4S2. The van der Waals surface area contributed by atoms with Crippen LogP contribution in [0.3, 0.4) is 0 Å². The van der Waals surface area contributed by atoms with Crippen LogP contribution in [0.1, 0.15) is 0 Å². The number of hydrogen-bond donors (Lipinski definition) is 0. The molecule has 4 nitrogen and oxygen atoms in total. The fraction of sp³-hybridized carbons (Fsp3) is 0. The Morgan fingerprint density at radius 2 is 1.92 bits per heavy atom. The SMILES string of the molecule is O=C1/C=C/C(=O)OSSC=CO1. The first kappa shape index (κ1) is 9.21. The largest absolute Gasteiger partial charge is 0.431 e. The highest BCUT2D eigenvalue weighted by Gasteiger charge is 2.02. The standard InChI is InChI=1S/C6H4O4S2/c7-5-1-2-6(8)10-12-11-4-3-9-5/h1-4H/b2-1+,4-3?. The summed E-state index contributed by atoms with van der Waals surface area (Å²) in [4.78, 5) is 21.3. The summed E-state index contributed by atoms with van der Waals surface area (Å²) in [7, 11) is 1.14. The predicted molar refractivity (Wildman–Crippen MR) is 45.6 cm³/mol. The minimum atomic E-state index is -0.601. The summed E-state index contributed by atoms with van der Waals surface area (Å²) >= 11 is 0.899. The molecule has 0 aromatic carbocycles. The molecule has 0 spiro atoms. The number of rotatable bonds is 0. The van der Waals surface area contributed by atoms with Crippen LogP contribution in [0.25, 0.3) is 0 Å². The fourth-order valence-corrected chi connectivity index (χ4v) is 1.30. The third kappa shape index (κ3) is 3.49. The number of carbonyl (C=O) groups is 2. The van der Waals surface area contributed by atoms with Gasteiger partial charge in [-0.1, -0.05) is 0 Å². The van der Waals surface area contributed by atoms with E-state index >= 15 is 0 Å². The summed E-state index contributed by atoms with van der Waals surface area (Å²) < 4.78 is 9.08. The van der Waals surface area contributed by atoms with E-state index < -0.39 is 11.9 Å². The van der Waals surface area contributed by atoms with E-state index in [0.29, 0.717) is 0 Å². The second-order valence-electron chi connectivity index (χ2n) is 1.61. The van der Waals surface area contributed by atoms with Gasteiger partial charge < -0.3 is 8.92 Å². The third-order valence-corrected chi connectivity index (χ3v) is 2.11. The minimum absolute atomic E-state index is 0.584. The van der Waals surface area contributed by atoms with Crippen LogP contribution in [0.4, 0.5) is 0 Å². The van der Waals surface area contributed by atoms with Gasteiger partial charge in [-0.15, -0.1) is 0 Å². The molecule has 0 unspecified atom stereocenters. The molecule has 0 N–H and O–H groups in total. The molecule has 0 radical (unpaired) electrons. The van der Waals surface area contributed by atoms with Gasteiger partial charge in [-0.05, 0) is 10.8 Å². The van der Waals surface area contributed by atoms with Gasteiger partial charge in [-0.3, -0.25) is 0 Å². The molecule has 1 heterocycles. The van der Waals surface area contributed by atoms with Gasteiger partial charge in [0.2, 0.25) is 0 Å². The first-order valence-corrected chi connectivity index (χ1v) is 5.00. The van der Waals surface area contributed by atoms with Crippen LogP contribution in [0.5, 0.6) is 0 Å². The molecule has 0 saturated carbocycles. The van der Waals surface area contributed by atoms with Crippen molar-refractivity contribution in [3.8, 4) is 0 Å². The highest BCUT2D eigenvalue weighted by Crippen LogP contribution is 2.24. The molecule has 0 saturated heterocycles. The summed E-state index contributed by atoms with van der Waals surface area (Å²) in [5.74, 6) is -1.18. The Balaban J connectivity index is 2.58. The van der Waals surface area contributed by atoms with Crippen LogP contribution < -0.4 is 0 Å². The van der Waals surface area contributed by atoms with Crippen molar-refractivity contribution in [2.24, 2.45) is 0 Å². The highest BCUT2D eigenvalue weighted by atomic mass is 33.1. The normalized spacial score (nSPS) is 21.0. The van der Waals surface area contributed by atoms with Crippen LogP contribution in [0.15, 0.2) is 23.8 Å². The second-order valence-corrected chi connectivity index (χ2v) is 3.36. The molecule has 1 aliphatic rings. The summed E-state index contributed by atoms with van der Waals surface area (Å²) in [5.41, 5.74) is 0. The van der Waals surface area contributed by atoms with Crippen LogP contribution in [0.2, 0.25) is 0 Å². The summed E-state index contributed by atoms with van der Waals surface area (Å²) in [5, 5.41) is 1.50. The van der Waals surface area contributed by atoms with Gasteiger partial charge in [0.1, 0.15) is 17.3 Å². The van der Waals surface area contributed by atoms with Gasteiger partial charge in [-0.25, -0.2) is 9.59 Å². The molecule has 64 valence electrons. The van der Waals surface area contributed by atoms with Crippen molar-refractivity contribution in [2.45, 2.75) is 0 Å². The molecule has 0 amide bonds. The zero-order chi connectivity index (χ0) is 8.81. The Morgan fingerprint density at radius 3 is 2.75 bits per heavy atom. The molecule has 0 fully saturated rings. The Kier molecular flexibility index (Phi) is 3.75. The van der Waals surface area contributed by atoms with Crippen LogP contribution in [-0.2, 0) is 18.5 Å². The number of hydrogen-bond acceptors (Lipinski definition) is 6. The quantitative estimate of drug-likeness (QED) is 0.338. The van der Waals surface area contributed by atoms with Gasteiger partial charge in [-0.2, -0.15) is 0 Å².